The van der Waals surface area contributed by atoms with Gasteiger partial charge in [0, 0.05) is 43.0 Å². The summed E-state index contributed by atoms with van der Waals surface area (Å²) in [6, 6.07) is 7.80. The Bertz CT molecular complexity index is 1050. The number of guanidine groups is 1. The number of hydrogen-bond acceptors (Lipinski definition) is 6. The van der Waals surface area contributed by atoms with Crippen molar-refractivity contribution in [3.63, 3.8) is 0 Å². The maximum atomic E-state index is 13.2. The van der Waals surface area contributed by atoms with Crippen LogP contribution in [0.5, 0.6) is 0 Å². The van der Waals surface area contributed by atoms with E-state index in [1.54, 1.807) is 17.0 Å². The highest BCUT2D eigenvalue weighted by atomic mass is 32.1. The molecule has 7 nitrogen and oxygen atoms in total. The number of aliphatic imine (C=N–C) groups is 2. The molecule has 1 aromatic heterocycles. The van der Waals surface area contributed by atoms with Crippen molar-refractivity contribution in [2.75, 3.05) is 37.6 Å². The lowest BCUT2D eigenvalue weighted by Gasteiger charge is -2.37. The Morgan fingerprint density at radius 1 is 1.03 bits per heavy atom. The quantitative estimate of drug-likeness (QED) is 0.679. The number of nitrogens with zero attached hydrogens (tertiary/aromatic N) is 5. The number of thiophene rings is 1. The minimum Gasteiger partial charge on any atom is -0.386 e. The summed E-state index contributed by atoms with van der Waals surface area (Å²) < 4.78 is 51.8. The topological polar surface area (TPSA) is 71.7 Å². The molecular formula is C21H21F4N5O2S. The van der Waals surface area contributed by atoms with Gasteiger partial charge in [0.1, 0.15) is 16.8 Å². The van der Waals surface area contributed by atoms with Gasteiger partial charge in [-0.2, -0.15) is 18.2 Å². The summed E-state index contributed by atoms with van der Waals surface area (Å²) in [5.41, 5.74) is 0.881. The number of halogens is 4. The van der Waals surface area contributed by atoms with E-state index < -0.39 is 23.2 Å². The fourth-order valence-electron chi connectivity index (χ4n) is 3.59. The number of aliphatic hydroxyl groups is 1. The van der Waals surface area contributed by atoms with E-state index in [1.807, 2.05) is 0 Å². The zero-order valence-electron chi connectivity index (χ0n) is 17.4. The summed E-state index contributed by atoms with van der Waals surface area (Å²) in [5, 5.41) is 10.2. The summed E-state index contributed by atoms with van der Waals surface area (Å²) in [6.45, 7) is 1.95. The van der Waals surface area contributed by atoms with Crippen LogP contribution in [0.3, 0.4) is 0 Å². The Balaban J connectivity index is 1.44. The number of piperazine rings is 1. The van der Waals surface area contributed by atoms with Crippen LogP contribution in [-0.2, 0) is 12.7 Å². The normalized spacial score (nSPS) is 20.0. The first-order valence-corrected chi connectivity index (χ1v) is 11.0. The number of amides is 2. The molecule has 4 rings (SSSR count). The highest BCUT2D eigenvalue weighted by molar-refractivity contribution is 7.12. The molecule has 3 heterocycles. The Hall–Kier alpha value is -2.99. The largest absolute Gasteiger partial charge is 0.425 e. The smallest absolute Gasteiger partial charge is 0.386 e. The molecule has 1 atom stereocenters. The van der Waals surface area contributed by atoms with Crippen molar-refractivity contribution in [2.45, 2.75) is 18.8 Å². The predicted molar refractivity (Wildman–Crippen MR) is 117 cm³/mol. The van der Waals surface area contributed by atoms with Gasteiger partial charge in [-0.05, 0) is 36.4 Å². The Labute approximate surface area is 191 Å². The Morgan fingerprint density at radius 3 is 2.33 bits per heavy atom. The van der Waals surface area contributed by atoms with Crippen molar-refractivity contribution in [3.05, 3.63) is 52.0 Å². The Kier molecular flexibility index (Phi) is 6.66. The van der Waals surface area contributed by atoms with E-state index in [4.69, 9.17) is 0 Å². The van der Waals surface area contributed by atoms with Gasteiger partial charge in [0.15, 0.2) is 0 Å². The number of rotatable bonds is 3. The van der Waals surface area contributed by atoms with E-state index in [0.29, 0.717) is 42.4 Å². The molecule has 1 fully saturated rings. The van der Waals surface area contributed by atoms with E-state index in [2.05, 4.69) is 14.9 Å². The van der Waals surface area contributed by atoms with Crippen LogP contribution in [0.1, 0.15) is 9.75 Å². The summed E-state index contributed by atoms with van der Waals surface area (Å²) in [4.78, 5) is 25.7. The second-order valence-electron chi connectivity index (χ2n) is 7.63. The van der Waals surface area contributed by atoms with E-state index in [9.17, 15) is 27.5 Å². The Morgan fingerprint density at radius 2 is 1.70 bits per heavy atom. The predicted octanol–water partition coefficient (Wildman–Crippen LogP) is 3.45. The van der Waals surface area contributed by atoms with Crippen LogP contribution < -0.4 is 4.90 Å². The van der Waals surface area contributed by atoms with Crippen molar-refractivity contribution < 1.29 is 27.5 Å². The second-order valence-corrected chi connectivity index (χ2v) is 8.80. The van der Waals surface area contributed by atoms with Gasteiger partial charge in [0.2, 0.25) is 5.96 Å². The van der Waals surface area contributed by atoms with Crippen molar-refractivity contribution in [1.82, 2.24) is 9.80 Å². The average Bonchev–Trinajstić information content (AvgIpc) is 3.25. The first-order chi connectivity index (χ1) is 15.7. The minimum absolute atomic E-state index is 0.0976. The minimum atomic E-state index is -4.45. The molecular weight excluding hydrogens is 462 g/mol. The van der Waals surface area contributed by atoms with Crippen LogP contribution in [0, 0.1) is 5.82 Å². The number of urea groups is 1. The molecule has 33 heavy (non-hydrogen) atoms. The lowest BCUT2D eigenvalue weighted by Crippen LogP contribution is -2.49. The number of hydrogen-bond donors (Lipinski definition) is 1. The number of carbonyl (C=O) groups is 1. The van der Waals surface area contributed by atoms with Crippen LogP contribution in [-0.4, -0.2) is 71.9 Å². The monoisotopic (exact) mass is 483 g/mol. The van der Waals surface area contributed by atoms with Gasteiger partial charge in [-0.1, -0.05) is 0 Å². The molecule has 2 aliphatic heterocycles. The molecule has 0 spiro atoms. The van der Waals surface area contributed by atoms with E-state index in [0.717, 1.165) is 11.8 Å². The molecule has 0 saturated carbocycles. The lowest BCUT2D eigenvalue weighted by atomic mass is 10.2. The fraction of sp³-hybridized carbons (Fsp3) is 0.381. The zero-order valence-corrected chi connectivity index (χ0v) is 18.2. The van der Waals surface area contributed by atoms with E-state index >= 15 is 0 Å². The van der Waals surface area contributed by atoms with Gasteiger partial charge >= 0.3 is 12.2 Å². The standard InChI is InChI=1S/C21H21F4N5O2S/c22-14-1-3-15(4-2-14)28-7-9-29(10-8-28)19-26-11-16(31)12-30(20(32)27-19)13-17-5-6-18(33-17)21(23,24)25/h1-6,11,16,31H,7-10,12-13H2. The van der Waals surface area contributed by atoms with Gasteiger partial charge in [0.25, 0.3) is 0 Å². The van der Waals surface area contributed by atoms with Crippen LogP contribution in [0.4, 0.5) is 28.0 Å². The highest BCUT2D eigenvalue weighted by Gasteiger charge is 2.33. The van der Waals surface area contributed by atoms with Crippen LogP contribution in [0.25, 0.3) is 0 Å². The second kappa shape index (κ2) is 9.48. The van der Waals surface area contributed by atoms with Gasteiger partial charge in [-0.3, -0.25) is 0 Å². The van der Waals surface area contributed by atoms with Gasteiger partial charge < -0.3 is 19.8 Å². The fourth-order valence-corrected chi connectivity index (χ4v) is 4.48. The molecule has 0 aliphatic carbocycles. The summed E-state index contributed by atoms with van der Waals surface area (Å²) >= 11 is 0.555. The third kappa shape index (κ3) is 5.69. The van der Waals surface area contributed by atoms with Crippen LogP contribution >= 0.6 is 11.3 Å². The molecule has 1 aromatic carbocycles. The van der Waals surface area contributed by atoms with Crippen molar-refractivity contribution in [1.29, 1.82) is 0 Å². The molecule has 1 N–H and O–H groups in total. The maximum Gasteiger partial charge on any atom is 0.425 e. The molecule has 1 saturated heterocycles. The van der Waals surface area contributed by atoms with Crippen LogP contribution in [0.15, 0.2) is 46.4 Å². The third-order valence-corrected chi connectivity index (χ3v) is 6.39. The number of β-amino-alcohol motifs (C(OH)–C–C–N with tert-alkyl or cyclic N) is 1. The van der Waals surface area contributed by atoms with Crippen LogP contribution in [0.2, 0.25) is 0 Å². The number of aliphatic hydroxyl groups excluding tert-OH is 1. The van der Waals surface area contributed by atoms with Crippen molar-refractivity contribution in [3.8, 4) is 0 Å². The summed E-state index contributed by atoms with van der Waals surface area (Å²) in [6.07, 6.45) is -4.25. The maximum absolute atomic E-state index is 13.2. The third-order valence-electron chi connectivity index (χ3n) is 5.28. The molecule has 2 amide bonds. The molecule has 2 aliphatic rings. The molecule has 1 unspecified atom stereocenters. The van der Waals surface area contributed by atoms with E-state index in [1.165, 1.54) is 29.3 Å². The highest BCUT2D eigenvalue weighted by Crippen LogP contribution is 2.35. The molecule has 176 valence electrons. The number of anilines is 1. The van der Waals surface area contributed by atoms with Crippen molar-refractivity contribution >= 4 is 35.2 Å². The summed E-state index contributed by atoms with van der Waals surface area (Å²) in [7, 11) is 0. The molecule has 12 heteroatoms. The lowest BCUT2D eigenvalue weighted by molar-refractivity contribution is -0.134. The zero-order chi connectivity index (χ0) is 23.6. The average molecular weight is 483 g/mol. The van der Waals surface area contributed by atoms with E-state index in [-0.39, 0.29) is 24.9 Å². The number of benzene rings is 1. The molecule has 0 bridgehead atoms. The SMILES string of the molecule is O=C1N=C(N2CCN(c3ccc(F)cc3)CC2)N=CC(O)CN1Cc1ccc(C(F)(F)F)s1. The van der Waals surface area contributed by atoms with Crippen molar-refractivity contribution in [2.24, 2.45) is 9.98 Å². The summed E-state index contributed by atoms with van der Waals surface area (Å²) in [5.74, 6) is -0.168. The molecule has 2 aromatic rings. The van der Waals surface area contributed by atoms with Gasteiger partial charge in [-0.15, -0.1) is 11.3 Å². The molecule has 0 radical (unpaired) electrons. The first-order valence-electron chi connectivity index (χ1n) is 10.2. The first kappa shape index (κ1) is 23.2. The van der Waals surface area contributed by atoms with Gasteiger partial charge in [-0.25, -0.2) is 14.2 Å². The number of alkyl halides is 3. The number of carbonyl (C=O) groups excluding carboxylic acids is 1. The van der Waals surface area contributed by atoms with Gasteiger partial charge in [0.05, 0.1) is 13.1 Å².